The highest BCUT2D eigenvalue weighted by atomic mass is 35.5. The summed E-state index contributed by atoms with van der Waals surface area (Å²) in [6, 6.07) is 11.8. The maximum absolute atomic E-state index is 13.0. The Bertz CT molecular complexity index is 1270. The molecule has 0 aliphatic carbocycles. The lowest BCUT2D eigenvalue weighted by atomic mass is 10.1. The molecular formula is C23H19ClN4O3S2. The highest BCUT2D eigenvalue weighted by Crippen LogP contribution is 2.38. The number of benzene rings is 1. The van der Waals surface area contributed by atoms with Crippen molar-refractivity contribution in [3.8, 4) is 6.07 Å². The summed E-state index contributed by atoms with van der Waals surface area (Å²) in [5.74, 6) is -0.541. The molecule has 2 heterocycles. The number of thioether (sulfide) groups is 1. The van der Waals surface area contributed by atoms with E-state index in [0.29, 0.717) is 31.9 Å². The molecule has 0 saturated heterocycles. The molecule has 2 aromatic heterocycles. The summed E-state index contributed by atoms with van der Waals surface area (Å²) in [5.41, 5.74) is 2.59. The van der Waals surface area contributed by atoms with Gasteiger partial charge in [0.05, 0.1) is 30.0 Å². The number of methoxy groups -OCH3 is 1. The van der Waals surface area contributed by atoms with Gasteiger partial charge >= 0.3 is 5.97 Å². The number of carbonyl (C=O) groups excluding carboxylic acids is 2. The maximum Gasteiger partial charge on any atom is 0.341 e. The minimum absolute atomic E-state index is 0.00469. The lowest BCUT2D eigenvalue weighted by Gasteiger charge is -2.08. The van der Waals surface area contributed by atoms with Crippen LogP contribution in [-0.2, 0) is 10.5 Å². The van der Waals surface area contributed by atoms with E-state index in [4.69, 9.17) is 21.6 Å². The third kappa shape index (κ3) is 5.79. The molecule has 0 bridgehead atoms. The Kier molecular flexibility index (Phi) is 8.22. The quantitative estimate of drug-likeness (QED) is 0.191. The van der Waals surface area contributed by atoms with E-state index in [9.17, 15) is 9.59 Å². The molecule has 0 atom stereocenters. The molecule has 0 unspecified atom stereocenters. The van der Waals surface area contributed by atoms with Crippen molar-refractivity contribution >= 4 is 57.2 Å². The van der Waals surface area contributed by atoms with E-state index in [1.165, 1.54) is 42.5 Å². The molecule has 1 aromatic carbocycles. The molecule has 10 heteroatoms. The number of amides is 1. The Morgan fingerprint density at radius 1 is 1.33 bits per heavy atom. The van der Waals surface area contributed by atoms with Crippen molar-refractivity contribution < 1.29 is 14.3 Å². The number of esters is 1. The standard InChI is InChI=1S/C23H19ClN4O3S2/c1-13(9-10-25)19-14(2)17(22(30)31-3)21(33-19)28-20(29)18-16(24)11-26-23(27-18)32-12-15-7-5-4-6-8-15/h4-9,11H,12H2,1-3H3,(H,28,29)/b13-9+. The molecule has 0 aliphatic heterocycles. The zero-order chi connectivity index (χ0) is 24.0. The molecular weight excluding hydrogens is 480 g/mol. The van der Waals surface area contributed by atoms with Crippen LogP contribution in [0.25, 0.3) is 5.57 Å². The van der Waals surface area contributed by atoms with Gasteiger partial charge in [0.2, 0.25) is 0 Å². The minimum atomic E-state index is -0.594. The van der Waals surface area contributed by atoms with E-state index in [2.05, 4.69) is 15.3 Å². The third-order valence-corrected chi connectivity index (χ3v) is 7.10. The van der Waals surface area contributed by atoms with Crippen molar-refractivity contribution in [1.29, 1.82) is 5.26 Å². The number of aromatic nitrogens is 2. The van der Waals surface area contributed by atoms with Crippen LogP contribution in [0.15, 0.2) is 47.8 Å². The van der Waals surface area contributed by atoms with Crippen LogP contribution in [0.2, 0.25) is 5.02 Å². The van der Waals surface area contributed by atoms with Crippen LogP contribution in [-0.4, -0.2) is 29.0 Å². The van der Waals surface area contributed by atoms with Gasteiger partial charge in [-0.2, -0.15) is 5.26 Å². The smallest absolute Gasteiger partial charge is 0.341 e. The summed E-state index contributed by atoms with van der Waals surface area (Å²) >= 11 is 8.76. The predicted octanol–water partition coefficient (Wildman–Crippen LogP) is 5.76. The summed E-state index contributed by atoms with van der Waals surface area (Å²) in [5, 5.41) is 12.5. The first-order valence-electron chi connectivity index (χ1n) is 9.64. The van der Waals surface area contributed by atoms with Crippen LogP contribution in [0.4, 0.5) is 5.00 Å². The van der Waals surface area contributed by atoms with Crippen LogP contribution in [0.1, 0.15) is 43.8 Å². The predicted molar refractivity (Wildman–Crippen MR) is 131 cm³/mol. The Morgan fingerprint density at radius 2 is 2.06 bits per heavy atom. The fourth-order valence-corrected chi connectivity index (χ4v) is 5.06. The monoisotopic (exact) mass is 498 g/mol. The summed E-state index contributed by atoms with van der Waals surface area (Å²) < 4.78 is 4.89. The van der Waals surface area contributed by atoms with Crippen molar-refractivity contribution in [2.24, 2.45) is 0 Å². The molecule has 0 aliphatic rings. The second kappa shape index (κ2) is 11.1. The molecule has 7 nitrogen and oxygen atoms in total. The Labute approximate surface area is 204 Å². The van der Waals surface area contributed by atoms with Crippen LogP contribution in [0, 0.1) is 18.3 Å². The average molecular weight is 499 g/mol. The van der Waals surface area contributed by atoms with Gasteiger partial charge in [-0.15, -0.1) is 11.3 Å². The largest absolute Gasteiger partial charge is 0.465 e. The van der Waals surface area contributed by atoms with Crippen LogP contribution in [0.3, 0.4) is 0 Å². The van der Waals surface area contributed by atoms with E-state index in [0.717, 1.165) is 5.56 Å². The molecule has 3 aromatic rings. The van der Waals surface area contributed by atoms with Gasteiger partial charge in [0.1, 0.15) is 5.00 Å². The number of nitrogens with one attached hydrogen (secondary N) is 1. The molecule has 0 spiro atoms. The van der Waals surface area contributed by atoms with Crippen molar-refractivity contribution in [2.75, 3.05) is 12.4 Å². The van der Waals surface area contributed by atoms with Gasteiger partial charge in [0.15, 0.2) is 10.9 Å². The maximum atomic E-state index is 13.0. The highest BCUT2D eigenvalue weighted by Gasteiger charge is 2.25. The summed E-state index contributed by atoms with van der Waals surface area (Å²) in [7, 11) is 1.26. The molecule has 1 amide bonds. The van der Waals surface area contributed by atoms with Gasteiger partial charge < -0.3 is 10.1 Å². The number of halogens is 1. The third-order valence-electron chi connectivity index (χ3n) is 4.55. The molecule has 0 fully saturated rings. The van der Waals surface area contributed by atoms with Crippen LogP contribution >= 0.6 is 34.7 Å². The Hall–Kier alpha value is -3.19. The van der Waals surface area contributed by atoms with Crippen molar-refractivity contribution in [3.05, 3.63) is 74.9 Å². The molecule has 3 rings (SSSR count). The second-order valence-corrected chi connectivity index (χ2v) is 9.16. The fourth-order valence-electron chi connectivity index (χ4n) is 2.95. The van der Waals surface area contributed by atoms with Gasteiger partial charge in [-0.05, 0) is 30.5 Å². The van der Waals surface area contributed by atoms with E-state index in [1.54, 1.807) is 13.8 Å². The number of carbonyl (C=O) groups is 2. The van der Waals surface area contributed by atoms with Crippen LogP contribution in [0.5, 0.6) is 0 Å². The average Bonchev–Trinajstić information content (AvgIpc) is 3.14. The SMILES string of the molecule is COC(=O)c1c(NC(=O)c2nc(SCc3ccccc3)ncc2Cl)sc(/C(C)=C/C#N)c1C. The van der Waals surface area contributed by atoms with Gasteiger partial charge in [-0.25, -0.2) is 14.8 Å². The number of allylic oxidation sites excluding steroid dienone is 2. The number of ether oxygens (including phenoxy) is 1. The van der Waals surface area contributed by atoms with Gasteiger partial charge in [0.25, 0.3) is 5.91 Å². The topological polar surface area (TPSA) is 105 Å². The number of rotatable bonds is 7. The first kappa shape index (κ1) is 24.5. The molecule has 1 N–H and O–H groups in total. The highest BCUT2D eigenvalue weighted by molar-refractivity contribution is 7.98. The molecule has 0 radical (unpaired) electrons. The Morgan fingerprint density at radius 3 is 2.73 bits per heavy atom. The zero-order valence-corrected chi connectivity index (χ0v) is 20.4. The second-order valence-electron chi connectivity index (χ2n) is 6.79. The number of nitriles is 1. The molecule has 168 valence electrons. The molecule has 0 saturated carbocycles. The number of thiophene rings is 1. The summed E-state index contributed by atoms with van der Waals surface area (Å²) in [4.78, 5) is 34.6. The Balaban J connectivity index is 1.89. The number of anilines is 1. The summed E-state index contributed by atoms with van der Waals surface area (Å²) in [6.45, 7) is 3.49. The van der Waals surface area contributed by atoms with Crippen molar-refractivity contribution in [1.82, 2.24) is 9.97 Å². The minimum Gasteiger partial charge on any atom is -0.465 e. The fraction of sp³-hybridized carbons (Fsp3) is 0.174. The van der Waals surface area contributed by atoms with Crippen molar-refractivity contribution in [2.45, 2.75) is 24.8 Å². The lowest BCUT2D eigenvalue weighted by molar-refractivity contribution is 0.0601. The number of hydrogen-bond acceptors (Lipinski definition) is 8. The lowest BCUT2D eigenvalue weighted by Crippen LogP contribution is -2.16. The van der Waals surface area contributed by atoms with E-state index >= 15 is 0 Å². The van der Waals surface area contributed by atoms with Gasteiger partial charge in [-0.3, -0.25) is 4.79 Å². The normalized spacial score (nSPS) is 11.1. The van der Waals surface area contributed by atoms with Crippen LogP contribution < -0.4 is 5.32 Å². The van der Waals surface area contributed by atoms with Crippen molar-refractivity contribution in [3.63, 3.8) is 0 Å². The van der Waals surface area contributed by atoms with Gasteiger partial charge in [0, 0.05) is 16.7 Å². The van der Waals surface area contributed by atoms with E-state index in [1.807, 2.05) is 36.4 Å². The first-order chi connectivity index (χ1) is 15.8. The van der Waals surface area contributed by atoms with E-state index < -0.39 is 11.9 Å². The van der Waals surface area contributed by atoms with E-state index in [-0.39, 0.29) is 16.3 Å². The first-order valence-corrected chi connectivity index (χ1v) is 11.8. The number of nitrogens with zero attached hydrogens (tertiary/aromatic N) is 3. The molecule has 33 heavy (non-hydrogen) atoms. The summed E-state index contributed by atoms with van der Waals surface area (Å²) in [6.07, 6.45) is 2.76. The van der Waals surface area contributed by atoms with Gasteiger partial charge in [-0.1, -0.05) is 53.7 Å². The number of hydrogen-bond donors (Lipinski definition) is 1. The zero-order valence-electron chi connectivity index (χ0n) is 18.0.